The lowest BCUT2D eigenvalue weighted by Gasteiger charge is -2.10. The molecule has 1 aromatic heterocycles. The number of halogens is 3. The van der Waals surface area contributed by atoms with Crippen LogP contribution >= 0.6 is 0 Å². The molecule has 1 aromatic carbocycles. The van der Waals surface area contributed by atoms with Crippen LogP contribution in [0.3, 0.4) is 0 Å². The second-order valence-electron chi connectivity index (χ2n) is 3.45. The van der Waals surface area contributed by atoms with E-state index in [1.807, 2.05) is 5.10 Å². The zero-order valence-electron chi connectivity index (χ0n) is 8.63. The summed E-state index contributed by atoms with van der Waals surface area (Å²) < 4.78 is 42.5. The number of H-pyrrole nitrogens is 1. The molecule has 0 aliphatic carbocycles. The first-order chi connectivity index (χ1) is 7.88. The van der Waals surface area contributed by atoms with E-state index in [1.54, 1.807) is 0 Å². The average Bonchev–Trinajstić information content (AvgIpc) is 2.64. The molecule has 7 heteroatoms. The van der Waals surface area contributed by atoms with Crippen LogP contribution in [0.5, 0.6) is 0 Å². The molecule has 0 atom stereocenters. The van der Waals surface area contributed by atoms with E-state index in [1.165, 1.54) is 19.1 Å². The Balaban J connectivity index is 2.55. The van der Waals surface area contributed by atoms with Crippen LogP contribution in [-0.4, -0.2) is 10.2 Å². The van der Waals surface area contributed by atoms with Crippen LogP contribution in [0.15, 0.2) is 27.4 Å². The van der Waals surface area contributed by atoms with Crippen LogP contribution in [0.4, 0.5) is 13.2 Å². The van der Waals surface area contributed by atoms with Crippen LogP contribution in [-0.2, 0) is 6.18 Å². The fourth-order valence-electron chi connectivity index (χ4n) is 1.41. The SMILES string of the molecule is Cc1ccc(-c2n[nH]c(=O)o2)cc1C(F)(F)F. The maximum absolute atomic E-state index is 12.6. The number of aromatic amines is 1. The van der Waals surface area contributed by atoms with Crippen molar-refractivity contribution in [3.8, 4) is 11.5 Å². The summed E-state index contributed by atoms with van der Waals surface area (Å²) >= 11 is 0. The van der Waals surface area contributed by atoms with Gasteiger partial charge in [0, 0.05) is 5.56 Å². The smallest absolute Gasteiger partial charge is 0.388 e. The van der Waals surface area contributed by atoms with Gasteiger partial charge in [-0.25, -0.2) is 9.89 Å². The molecule has 90 valence electrons. The first kappa shape index (κ1) is 11.4. The van der Waals surface area contributed by atoms with Crippen LogP contribution < -0.4 is 5.76 Å². The number of benzene rings is 1. The Morgan fingerprint density at radius 3 is 2.59 bits per heavy atom. The summed E-state index contributed by atoms with van der Waals surface area (Å²) in [5.41, 5.74) is -0.582. The van der Waals surface area contributed by atoms with E-state index in [2.05, 4.69) is 9.52 Å². The highest BCUT2D eigenvalue weighted by Crippen LogP contribution is 2.33. The van der Waals surface area contributed by atoms with Crippen molar-refractivity contribution in [1.82, 2.24) is 10.2 Å². The Hall–Kier alpha value is -2.05. The normalized spacial score (nSPS) is 11.8. The van der Waals surface area contributed by atoms with E-state index in [4.69, 9.17) is 0 Å². The van der Waals surface area contributed by atoms with Crippen molar-refractivity contribution in [2.45, 2.75) is 13.1 Å². The van der Waals surface area contributed by atoms with Gasteiger partial charge >= 0.3 is 11.9 Å². The van der Waals surface area contributed by atoms with Crippen LogP contribution in [0, 0.1) is 6.92 Å². The highest BCUT2D eigenvalue weighted by molar-refractivity contribution is 5.55. The Morgan fingerprint density at radius 2 is 2.06 bits per heavy atom. The molecule has 2 rings (SSSR count). The molecule has 0 aliphatic heterocycles. The number of nitrogens with zero attached hydrogens (tertiary/aromatic N) is 1. The minimum Gasteiger partial charge on any atom is -0.388 e. The molecule has 2 aromatic rings. The van der Waals surface area contributed by atoms with E-state index in [0.717, 1.165) is 6.07 Å². The number of rotatable bonds is 1. The predicted octanol–water partition coefficient (Wildman–Crippen LogP) is 2.36. The van der Waals surface area contributed by atoms with Gasteiger partial charge in [0.1, 0.15) is 0 Å². The third-order valence-corrected chi connectivity index (χ3v) is 2.23. The van der Waals surface area contributed by atoms with Crippen molar-refractivity contribution in [2.24, 2.45) is 0 Å². The number of alkyl halides is 3. The first-order valence-corrected chi connectivity index (χ1v) is 4.61. The summed E-state index contributed by atoms with van der Waals surface area (Å²) in [6.45, 7) is 1.35. The molecule has 0 fully saturated rings. The number of nitrogens with one attached hydrogen (secondary N) is 1. The summed E-state index contributed by atoms with van der Waals surface area (Å²) in [4.78, 5) is 10.7. The third kappa shape index (κ3) is 2.22. The number of aromatic nitrogens is 2. The lowest BCUT2D eigenvalue weighted by atomic mass is 10.0. The van der Waals surface area contributed by atoms with Crippen molar-refractivity contribution in [2.75, 3.05) is 0 Å². The standard InChI is InChI=1S/C10H7F3N2O2/c1-5-2-3-6(4-7(5)10(11,12)13)8-14-15-9(16)17-8/h2-4H,1H3,(H,15,16). The molecule has 1 heterocycles. The largest absolute Gasteiger partial charge is 0.434 e. The minimum atomic E-state index is -4.45. The maximum Gasteiger partial charge on any atom is 0.434 e. The average molecular weight is 244 g/mol. The molecule has 0 radical (unpaired) electrons. The zero-order valence-corrected chi connectivity index (χ0v) is 8.63. The van der Waals surface area contributed by atoms with E-state index >= 15 is 0 Å². The fourth-order valence-corrected chi connectivity index (χ4v) is 1.41. The topological polar surface area (TPSA) is 58.9 Å². The van der Waals surface area contributed by atoms with Crippen LogP contribution in [0.2, 0.25) is 0 Å². The summed E-state index contributed by atoms with van der Waals surface area (Å²) in [6.07, 6.45) is -4.45. The Kier molecular flexibility index (Phi) is 2.53. The summed E-state index contributed by atoms with van der Waals surface area (Å²) in [5, 5.41) is 5.45. The molecular formula is C10H7F3N2O2. The van der Waals surface area contributed by atoms with Gasteiger partial charge in [-0.05, 0) is 24.6 Å². The quantitative estimate of drug-likeness (QED) is 0.837. The first-order valence-electron chi connectivity index (χ1n) is 4.61. The van der Waals surface area contributed by atoms with Gasteiger partial charge in [0.05, 0.1) is 5.56 Å². The van der Waals surface area contributed by atoms with Crippen LogP contribution in [0.25, 0.3) is 11.5 Å². The van der Waals surface area contributed by atoms with Crippen molar-refractivity contribution >= 4 is 0 Å². The van der Waals surface area contributed by atoms with Gasteiger partial charge in [-0.1, -0.05) is 6.07 Å². The van der Waals surface area contributed by atoms with Gasteiger partial charge < -0.3 is 4.42 Å². The molecule has 0 aliphatic rings. The minimum absolute atomic E-state index is 0.0964. The molecule has 0 saturated heterocycles. The van der Waals surface area contributed by atoms with Gasteiger partial charge in [0.25, 0.3) is 0 Å². The second-order valence-corrected chi connectivity index (χ2v) is 3.45. The Labute approximate surface area is 93.1 Å². The zero-order chi connectivity index (χ0) is 12.6. The number of aryl methyl sites for hydroxylation is 1. The third-order valence-electron chi connectivity index (χ3n) is 2.23. The van der Waals surface area contributed by atoms with E-state index < -0.39 is 17.5 Å². The number of hydrogen-bond acceptors (Lipinski definition) is 3. The van der Waals surface area contributed by atoms with Crippen molar-refractivity contribution in [3.05, 3.63) is 39.9 Å². The Bertz CT molecular complexity index is 598. The highest BCUT2D eigenvalue weighted by atomic mass is 19.4. The van der Waals surface area contributed by atoms with Crippen molar-refractivity contribution in [3.63, 3.8) is 0 Å². The highest BCUT2D eigenvalue weighted by Gasteiger charge is 2.32. The molecule has 1 N–H and O–H groups in total. The second kappa shape index (κ2) is 3.76. The molecule has 17 heavy (non-hydrogen) atoms. The van der Waals surface area contributed by atoms with Crippen LogP contribution in [0.1, 0.15) is 11.1 Å². The van der Waals surface area contributed by atoms with Crippen molar-refractivity contribution in [1.29, 1.82) is 0 Å². The monoisotopic (exact) mass is 244 g/mol. The molecule has 0 amide bonds. The molecule has 4 nitrogen and oxygen atoms in total. The van der Waals surface area contributed by atoms with Gasteiger partial charge in [0.2, 0.25) is 5.89 Å². The summed E-state index contributed by atoms with van der Waals surface area (Å²) in [6, 6.07) is 3.60. The van der Waals surface area contributed by atoms with Gasteiger partial charge in [-0.3, -0.25) is 0 Å². The van der Waals surface area contributed by atoms with E-state index in [0.29, 0.717) is 0 Å². The van der Waals surface area contributed by atoms with Gasteiger partial charge in [-0.2, -0.15) is 13.2 Å². The molecule has 0 saturated carbocycles. The van der Waals surface area contributed by atoms with Crippen molar-refractivity contribution < 1.29 is 17.6 Å². The molecule has 0 unspecified atom stereocenters. The van der Waals surface area contributed by atoms with E-state index in [9.17, 15) is 18.0 Å². The Morgan fingerprint density at radius 1 is 1.35 bits per heavy atom. The van der Waals surface area contributed by atoms with Gasteiger partial charge in [-0.15, -0.1) is 5.10 Å². The molecule has 0 spiro atoms. The summed E-state index contributed by atoms with van der Waals surface area (Å²) in [5.74, 6) is -0.977. The fraction of sp³-hybridized carbons (Fsp3) is 0.200. The van der Waals surface area contributed by atoms with Gasteiger partial charge in [0.15, 0.2) is 0 Å². The maximum atomic E-state index is 12.6. The molecule has 0 bridgehead atoms. The van der Waals surface area contributed by atoms with E-state index in [-0.39, 0.29) is 17.0 Å². The lowest BCUT2D eigenvalue weighted by molar-refractivity contribution is -0.138. The summed E-state index contributed by atoms with van der Waals surface area (Å²) in [7, 11) is 0. The predicted molar refractivity (Wildman–Crippen MR) is 52.3 cm³/mol. The molecular weight excluding hydrogens is 237 g/mol. The number of hydrogen-bond donors (Lipinski definition) is 1. The lowest BCUT2D eigenvalue weighted by Crippen LogP contribution is -2.07.